The number of rotatable bonds is 6. The molecule has 0 aliphatic rings. The molecule has 1 aromatic rings. The number of aliphatic hydroxyl groups is 1. The van der Waals surface area contributed by atoms with E-state index in [4.69, 9.17) is 10.5 Å². The van der Waals surface area contributed by atoms with E-state index >= 15 is 0 Å². The van der Waals surface area contributed by atoms with Gasteiger partial charge in [0.2, 0.25) is 0 Å². The number of nitrogens with two attached hydrogens (primary N) is 1. The first kappa shape index (κ1) is 12.0. The van der Waals surface area contributed by atoms with Crippen molar-refractivity contribution in [3.05, 3.63) is 29.8 Å². The SMILES string of the molecule is COc1ccc(C(O)CCCCN)cc1. The number of benzene rings is 1. The van der Waals surface area contributed by atoms with E-state index in [1.807, 2.05) is 24.3 Å². The Morgan fingerprint density at radius 2 is 1.93 bits per heavy atom. The Balaban J connectivity index is 2.46. The average Bonchev–Trinajstić information content (AvgIpc) is 2.29. The Labute approximate surface area is 90.9 Å². The van der Waals surface area contributed by atoms with Crippen molar-refractivity contribution in [1.82, 2.24) is 0 Å². The molecule has 3 heteroatoms. The van der Waals surface area contributed by atoms with Gasteiger partial charge in [0.15, 0.2) is 0 Å². The van der Waals surface area contributed by atoms with Crippen LogP contribution in [0.15, 0.2) is 24.3 Å². The van der Waals surface area contributed by atoms with Gasteiger partial charge in [-0.15, -0.1) is 0 Å². The molecule has 0 amide bonds. The van der Waals surface area contributed by atoms with Crippen LogP contribution < -0.4 is 10.5 Å². The van der Waals surface area contributed by atoms with Gasteiger partial charge in [-0.1, -0.05) is 12.1 Å². The molecular weight excluding hydrogens is 190 g/mol. The second-order valence-corrected chi connectivity index (χ2v) is 3.57. The topological polar surface area (TPSA) is 55.5 Å². The number of aliphatic hydroxyl groups excluding tert-OH is 1. The van der Waals surface area contributed by atoms with Crippen LogP contribution >= 0.6 is 0 Å². The summed E-state index contributed by atoms with van der Waals surface area (Å²) in [6.07, 6.45) is 2.31. The molecule has 0 radical (unpaired) electrons. The summed E-state index contributed by atoms with van der Waals surface area (Å²) in [5, 5.41) is 9.83. The highest BCUT2D eigenvalue weighted by molar-refractivity contribution is 5.28. The number of hydrogen-bond acceptors (Lipinski definition) is 3. The van der Waals surface area contributed by atoms with E-state index in [0.29, 0.717) is 6.54 Å². The molecule has 0 heterocycles. The second kappa shape index (κ2) is 6.43. The molecule has 0 aliphatic heterocycles. The molecule has 0 spiro atoms. The monoisotopic (exact) mass is 209 g/mol. The average molecular weight is 209 g/mol. The van der Waals surface area contributed by atoms with E-state index in [-0.39, 0.29) is 6.10 Å². The van der Waals surface area contributed by atoms with Gasteiger partial charge in [-0.05, 0) is 43.5 Å². The maximum atomic E-state index is 9.83. The van der Waals surface area contributed by atoms with E-state index in [0.717, 1.165) is 30.6 Å². The first-order chi connectivity index (χ1) is 7.27. The van der Waals surface area contributed by atoms with Crippen molar-refractivity contribution in [2.75, 3.05) is 13.7 Å². The largest absolute Gasteiger partial charge is 0.497 e. The summed E-state index contributed by atoms with van der Waals surface area (Å²) in [6.45, 7) is 0.690. The van der Waals surface area contributed by atoms with Crippen molar-refractivity contribution in [1.29, 1.82) is 0 Å². The van der Waals surface area contributed by atoms with E-state index in [9.17, 15) is 5.11 Å². The fraction of sp³-hybridized carbons (Fsp3) is 0.500. The van der Waals surface area contributed by atoms with Crippen molar-refractivity contribution >= 4 is 0 Å². The van der Waals surface area contributed by atoms with Crippen LogP contribution in [0, 0.1) is 0 Å². The van der Waals surface area contributed by atoms with E-state index in [2.05, 4.69) is 0 Å². The molecule has 0 saturated carbocycles. The van der Waals surface area contributed by atoms with Crippen LogP contribution in [0.25, 0.3) is 0 Å². The van der Waals surface area contributed by atoms with E-state index in [1.54, 1.807) is 7.11 Å². The predicted octanol–water partition coefficient (Wildman–Crippen LogP) is 1.86. The Morgan fingerprint density at radius 3 is 2.47 bits per heavy atom. The zero-order valence-electron chi connectivity index (χ0n) is 9.15. The van der Waals surface area contributed by atoms with Crippen molar-refractivity contribution in [2.24, 2.45) is 5.73 Å². The summed E-state index contributed by atoms with van der Waals surface area (Å²) < 4.78 is 5.05. The number of hydrogen-bond donors (Lipinski definition) is 2. The quantitative estimate of drug-likeness (QED) is 0.703. The molecule has 0 bridgehead atoms. The smallest absolute Gasteiger partial charge is 0.118 e. The van der Waals surface area contributed by atoms with Gasteiger partial charge in [0, 0.05) is 0 Å². The van der Waals surface area contributed by atoms with Crippen LogP contribution in [0.5, 0.6) is 5.75 Å². The minimum atomic E-state index is -0.387. The minimum absolute atomic E-state index is 0.387. The number of ether oxygens (including phenoxy) is 1. The lowest BCUT2D eigenvalue weighted by molar-refractivity contribution is 0.164. The maximum absolute atomic E-state index is 9.83. The van der Waals surface area contributed by atoms with Gasteiger partial charge in [-0.3, -0.25) is 0 Å². The molecule has 1 aromatic carbocycles. The maximum Gasteiger partial charge on any atom is 0.118 e. The first-order valence-electron chi connectivity index (χ1n) is 5.30. The Bertz CT molecular complexity index is 271. The molecular formula is C12H19NO2. The summed E-state index contributed by atoms with van der Waals surface area (Å²) in [5.74, 6) is 0.813. The molecule has 84 valence electrons. The van der Waals surface area contributed by atoms with Crippen LogP contribution in [0.2, 0.25) is 0 Å². The second-order valence-electron chi connectivity index (χ2n) is 3.57. The van der Waals surface area contributed by atoms with Gasteiger partial charge in [-0.25, -0.2) is 0 Å². The van der Waals surface area contributed by atoms with Crippen LogP contribution in [-0.2, 0) is 0 Å². The van der Waals surface area contributed by atoms with Gasteiger partial charge >= 0.3 is 0 Å². The fourth-order valence-corrected chi connectivity index (χ4v) is 1.47. The van der Waals surface area contributed by atoms with Gasteiger partial charge < -0.3 is 15.6 Å². The van der Waals surface area contributed by atoms with Crippen LogP contribution in [0.3, 0.4) is 0 Å². The lowest BCUT2D eigenvalue weighted by atomic mass is 10.0. The van der Waals surface area contributed by atoms with Crippen molar-refractivity contribution in [3.8, 4) is 5.75 Å². The zero-order valence-corrected chi connectivity index (χ0v) is 9.15. The van der Waals surface area contributed by atoms with Crippen molar-refractivity contribution < 1.29 is 9.84 Å². The molecule has 0 saturated heterocycles. The third kappa shape index (κ3) is 3.90. The lowest BCUT2D eigenvalue weighted by Gasteiger charge is -2.10. The molecule has 3 nitrogen and oxygen atoms in total. The zero-order chi connectivity index (χ0) is 11.1. The molecule has 1 rings (SSSR count). The predicted molar refractivity (Wildman–Crippen MR) is 60.9 cm³/mol. The normalized spacial score (nSPS) is 12.5. The number of unbranched alkanes of at least 4 members (excludes halogenated alkanes) is 1. The highest BCUT2D eigenvalue weighted by Gasteiger charge is 2.06. The molecule has 3 N–H and O–H groups in total. The highest BCUT2D eigenvalue weighted by atomic mass is 16.5. The molecule has 0 aromatic heterocycles. The third-order valence-corrected chi connectivity index (χ3v) is 2.43. The molecule has 0 fully saturated rings. The molecule has 1 unspecified atom stereocenters. The first-order valence-corrected chi connectivity index (χ1v) is 5.30. The third-order valence-electron chi connectivity index (χ3n) is 2.43. The van der Waals surface area contributed by atoms with Gasteiger partial charge in [0.1, 0.15) is 5.75 Å². The van der Waals surface area contributed by atoms with Crippen molar-refractivity contribution in [2.45, 2.75) is 25.4 Å². The Kier molecular flexibility index (Phi) is 5.15. The Morgan fingerprint density at radius 1 is 1.27 bits per heavy atom. The van der Waals surface area contributed by atoms with Gasteiger partial charge in [0.25, 0.3) is 0 Å². The summed E-state index contributed by atoms with van der Waals surface area (Å²) >= 11 is 0. The summed E-state index contributed by atoms with van der Waals surface area (Å²) in [6, 6.07) is 7.51. The molecule has 0 aliphatic carbocycles. The highest BCUT2D eigenvalue weighted by Crippen LogP contribution is 2.21. The number of methoxy groups -OCH3 is 1. The Hall–Kier alpha value is -1.06. The summed E-state index contributed by atoms with van der Waals surface area (Å²) in [7, 11) is 1.63. The van der Waals surface area contributed by atoms with Crippen LogP contribution in [0.4, 0.5) is 0 Å². The van der Waals surface area contributed by atoms with Gasteiger partial charge in [-0.2, -0.15) is 0 Å². The fourth-order valence-electron chi connectivity index (χ4n) is 1.47. The summed E-state index contributed by atoms with van der Waals surface area (Å²) in [5.41, 5.74) is 6.33. The van der Waals surface area contributed by atoms with Crippen LogP contribution in [0.1, 0.15) is 30.9 Å². The molecule has 15 heavy (non-hydrogen) atoms. The van der Waals surface area contributed by atoms with E-state index < -0.39 is 0 Å². The standard InChI is InChI=1S/C12H19NO2/c1-15-11-7-5-10(6-8-11)12(14)4-2-3-9-13/h5-8,12,14H,2-4,9,13H2,1H3. The molecule has 1 atom stereocenters. The van der Waals surface area contributed by atoms with E-state index in [1.165, 1.54) is 0 Å². The van der Waals surface area contributed by atoms with Gasteiger partial charge in [0.05, 0.1) is 13.2 Å². The minimum Gasteiger partial charge on any atom is -0.497 e. The lowest BCUT2D eigenvalue weighted by Crippen LogP contribution is -2.01. The van der Waals surface area contributed by atoms with Crippen LogP contribution in [-0.4, -0.2) is 18.8 Å². The van der Waals surface area contributed by atoms with Crippen molar-refractivity contribution in [3.63, 3.8) is 0 Å². The summed E-state index contributed by atoms with van der Waals surface area (Å²) in [4.78, 5) is 0.